The second-order valence-electron chi connectivity index (χ2n) is 10.0. The predicted octanol–water partition coefficient (Wildman–Crippen LogP) is 4.66. The van der Waals surface area contributed by atoms with Crippen LogP contribution in [0.4, 0.5) is 4.79 Å². The first-order chi connectivity index (χ1) is 17.3. The summed E-state index contributed by atoms with van der Waals surface area (Å²) in [6, 6.07) is 9.79. The van der Waals surface area contributed by atoms with Crippen molar-refractivity contribution < 1.29 is 14.3 Å². The molecule has 36 heavy (non-hydrogen) atoms. The minimum Gasteiger partial charge on any atom is -0.450 e. The van der Waals surface area contributed by atoms with Crippen LogP contribution in [-0.2, 0) is 24.2 Å². The summed E-state index contributed by atoms with van der Waals surface area (Å²) in [7, 11) is 0. The van der Waals surface area contributed by atoms with E-state index in [0.717, 1.165) is 43.6 Å². The van der Waals surface area contributed by atoms with Crippen LogP contribution in [0.3, 0.4) is 0 Å². The highest BCUT2D eigenvalue weighted by atomic mass is 16.6. The summed E-state index contributed by atoms with van der Waals surface area (Å²) in [6.45, 7) is 11.5. The summed E-state index contributed by atoms with van der Waals surface area (Å²) in [6.07, 6.45) is 4.51. The van der Waals surface area contributed by atoms with Gasteiger partial charge in [-0.3, -0.25) is 14.5 Å². The lowest BCUT2D eigenvalue weighted by atomic mass is 9.95. The largest absolute Gasteiger partial charge is 0.450 e. The van der Waals surface area contributed by atoms with Gasteiger partial charge < -0.3 is 14.2 Å². The third kappa shape index (κ3) is 5.62. The fraction of sp³-hybridized carbons (Fsp3) is 0.483. The number of rotatable bonds is 6. The van der Waals surface area contributed by atoms with E-state index in [4.69, 9.17) is 4.74 Å². The number of piperidine rings is 1. The van der Waals surface area contributed by atoms with Crippen molar-refractivity contribution >= 4 is 11.9 Å². The van der Waals surface area contributed by atoms with E-state index in [1.807, 2.05) is 49.6 Å². The molecule has 2 aliphatic rings. The van der Waals surface area contributed by atoms with Crippen LogP contribution in [0, 0.1) is 0 Å². The normalized spacial score (nSPS) is 16.4. The Kier molecular flexibility index (Phi) is 8.09. The lowest BCUT2D eigenvalue weighted by molar-refractivity contribution is 0.0701. The smallest absolute Gasteiger partial charge is 0.409 e. The van der Waals surface area contributed by atoms with Crippen molar-refractivity contribution in [1.29, 1.82) is 0 Å². The Morgan fingerprint density at radius 3 is 2.50 bits per heavy atom. The predicted molar refractivity (Wildman–Crippen MR) is 141 cm³/mol. The molecular formula is C29H37N3O4. The minimum atomic E-state index is -0.222. The molecule has 192 valence electrons. The highest BCUT2D eigenvalue weighted by molar-refractivity contribution is 5.95. The number of allylic oxidation sites excluding steroid dienone is 2. The van der Waals surface area contributed by atoms with E-state index in [0.29, 0.717) is 43.4 Å². The van der Waals surface area contributed by atoms with Gasteiger partial charge in [-0.15, -0.1) is 0 Å². The van der Waals surface area contributed by atoms with Crippen molar-refractivity contribution in [2.75, 3.05) is 26.2 Å². The molecule has 1 aromatic carbocycles. The number of amides is 1. The van der Waals surface area contributed by atoms with Gasteiger partial charge in [0.05, 0.1) is 6.61 Å². The molecule has 0 radical (unpaired) electrons. The van der Waals surface area contributed by atoms with Crippen molar-refractivity contribution in [2.45, 2.75) is 66.1 Å². The number of aromatic nitrogens is 1. The van der Waals surface area contributed by atoms with E-state index in [1.54, 1.807) is 17.9 Å². The number of carbonyl (C=O) groups is 2. The van der Waals surface area contributed by atoms with Crippen LogP contribution in [-0.4, -0.2) is 58.5 Å². The van der Waals surface area contributed by atoms with Gasteiger partial charge in [-0.05, 0) is 63.8 Å². The van der Waals surface area contributed by atoms with Gasteiger partial charge >= 0.3 is 6.09 Å². The molecule has 1 aromatic heterocycles. The number of pyridine rings is 1. The third-order valence-corrected chi connectivity index (χ3v) is 7.27. The van der Waals surface area contributed by atoms with Crippen LogP contribution < -0.4 is 5.56 Å². The standard InChI is InChI=1S/C29H37N3O4/c1-5-36-29(35)30-13-10-25(11-14-30)31-15-12-27-24(19-31)18-26(28(34)32(27)16-9-20(2)3)23-8-6-7-22(17-23)21(4)33/h6-9,17-18,25H,5,10-16,19H2,1-4H3. The first-order valence-electron chi connectivity index (χ1n) is 12.9. The summed E-state index contributed by atoms with van der Waals surface area (Å²) in [4.78, 5) is 42.0. The molecule has 7 nitrogen and oxygen atoms in total. The van der Waals surface area contributed by atoms with Gasteiger partial charge in [0.15, 0.2) is 5.78 Å². The van der Waals surface area contributed by atoms with Crippen LogP contribution >= 0.6 is 0 Å². The maximum Gasteiger partial charge on any atom is 0.409 e. The average Bonchev–Trinajstić information content (AvgIpc) is 2.87. The Labute approximate surface area is 213 Å². The molecule has 0 aliphatic carbocycles. The first kappa shape index (κ1) is 25.9. The van der Waals surface area contributed by atoms with Crippen molar-refractivity contribution in [3.05, 3.63) is 69.2 Å². The maximum atomic E-state index is 13.7. The number of fused-ring (bicyclic) bond motifs is 1. The van der Waals surface area contributed by atoms with Gasteiger partial charge in [-0.2, -0.15) is 0 Å². The number of Topliss-reactive ketones (excluding diaryl/α,β-unsaturated/α-hetero) is 1. The summed E-state index contributed by atoms with van der Waals surface area (Å²) >= 11 is 0. The molecule has 2 aliphatic heterocycles. The van der Waals surface area contributed by atoms with Crippen molar-refractivity contribution in [1.82, 2.24) is 14.4 Å². The molecule has 3 heterocycles. The van der Waals surface area contributed by atoms with Crippen LogP contribution in [0.1, 0.15) is 62.2 Å². The molecule has 4 rings (SSSR count). The molecular weight excluding hydrogens is 454 g/mol. The van der Waals surface area contributed by atoms with E-state index >= 15 is 0 Å². The Bertz CT molecular complexity index is 1220. The Hall–Kier alpha value is -3.19. The fourth-order valence-corrected chi connectivity index (χ4v) is 5.26. The molecule has 0 spiro atoms. The lowest BCUT2D eigenvalue weighted by Gasteiger charge is -2.40. The maximum absolute atomic E-state index is 13.7. The third-order valence-electron chi connectivity index (χ3n) is 7.27. The number of likely N-dealkylation sites (tertiary alicyclic amines) is 1. The van der Waals surface area contributed by atoms with Crippen molar-refractivity contribution in [3.8, 4) is 11.1 Å². The number of hydrogen-bond acceptors (Lipinski definition) is 5. The van der Waals surface area contributed by atoms with Gasteiger partial charge in [0.2, 0.25) is 0 Å². The Morgan fingerprint density at radius 1 is 1.08 bits per heavy atom. The topological polar surface area (TPSA) is 71.8 Å². The molecule has 0 N–H and O–H groups in total. The number of ether oxygens (including phenoxy) is 1. The zero-order valence-electron chi connectivity index (χ0n) is 21.9. The van der Waals surface area contributed by atoms with Gasteiger partial charge in [0, 0.05) is 62.0 Å². The molecule has 2 aromatic rings. The van der Waals surface area contributed by atoms with E-state index in [2.05, 4.69) is 11.0 Å². The van der Waals surface area contributed by atoms with Crippen molar-refractivity contribution in [3.63, 3.8) is 0 Å². The highest BCUT2D eigenvalue weighted by Gasteiger charge is 2.31. The van der Waals surface area contributed by atoms with Gasteiger partial charge in [-0.1, -0.05) is 29.8 Å². The Morgan fingerprint density at radius 2 is 1.83 bits per heavy atom. The molecule has 1 fully saturated rings. The van der Waals surface area contributed by atoms with Crippen LogP contribution in [0.15, 0.2) is 46.8 Å². The monoisotopic (exact) mass is 491 g/mol. The fourth-order valence-electron chi connectivity index (χ4n) is 5.26. The highest BCUT2D eigenvalue weighted by Crippen LogP contribution is 2.28. The molecule has 0 saturated carbocycles. The lowest BCUT2D eigenvalue weighted by Crippen LogP contribution is -2.48. The number of benzene rings is 1. The zero-order valence-corrected chi connectivity index (χ0v) is 21.9. The van der Waals surface area contributed by atoms with Gasteiger partial charge in [0.1, 0.15) is 0 Å². The molecule has 0 bridgehead atoms. The van der Waals surface area contributed by atoms with E-state index in [9.17, 15) is 14.4 Å². The van der Waals surface area contributed by atoms with Crippen LogP contribution in [0.25, 0.3) is 11.1 Å². The average molecular weight is 492 g/mol. The molecule has 0 unspecified atom stereocenters. The van der Waals surface area contributed by atoms with Gasteiger partial charge in [-0.25, -0.2) is 4.79 Å². The summed E-state index contributed by atoms with van der Waals surface area (Å²) in [5, 5.41) is 0. The van der Waals surface area contributed by atoms with E-state index < -0.39 is 0 Å². The molecule has 7 heteroatoms. The second kappa shape index (κ2) is 11.2. The van der Waals surface area contributed by atoms with Gasteiger partial charge in [0.25, 0.3) is 5.56 Å². The summed E-state index contributed by atoms with van der Waals surface area (Å²) in [5.74, 6) is -0.0139. The first-order valence-corrected chi connectivity index (χ1v) is 12.9. The minimum absolute atomic E-state index is 0.0110. The second-order valence-corrected chi connectivity index (χ2v) is 10.0. The number of hydrogen-bond donors (Lipinski definition) is 0. The molecule has 1 saturated heterocycles. The SMILES string of the molecule is CCOC(=O)N1CCC(N2CCc3c(cc(-c4cccc(C(C)=O)c4)c(=O)n3CC=C(C)C)C2)CC1. The summed E-state index contributed by atoms with van der Waals surface area (Å²) in [5.41, 5.74) is 5.45. The number of nitrogens with zero attached hydrogens (tertiary/aromatic N) is 3. The van der Waals surface area contributed by atoms with Crippen LogP contribution in [0.2, 0.25) is 0 Å². The Balaban J connectivity index is 1.64. The van der Waals surface area contributed by atoms with E-state index in [-0.39, 0.29) is 17.4 Å². The molecule has 0 atom stereocenters. The van der Waals surface area contributed by atoms with E-state index in [1.165, 1.54) is 11.1 Å². The quantitative estimate of drug-likeness (QED) is 0.434. The number of carbonyl (C=O) groups excluding carboxylic acids is 2. The summed E-state index contributed by atoms with van der Waals surface area (Å²) < 4.78 is 7.08. The van der Waals surface area contributed by atoms with Crippen LogP contribution in [0.5, 0.6) is 0 Å². The van der Waals surface area contributed by atoms with Crippen molar-refractivity contribution in [2.24, 2.45) is 0 Å². The zero-order chi connectivity index (χ0) is 25.8. The molecule has 1 amide bonds. The number of ketones is 1.